The Kier molecular flexibility index (Phi) is 3.20. The Morgan fingerprint density at radius 2 is 2.28 bits per heavy atom. The number of benzene rings is 1. The Labute approximate surface area is 103 Å². The van der Waals surface area contributed by atoms with Crippen molar-refractivity contribution in [1.82, 2.24) is 0 Å². The van der Waals surface area contributed by atoms with Gasteiger partial charge in [0, 0.05) is 6.42 Å². The van der Waals surface area contributed by atoms with Crippen molar-refractivity contribution in [3.63, 3.8) is 0 Å². The fourth-order valence-electron chi connectivity index (χ4n) is 1.86. The monoisotopic (exact) mass is 251 g/mol. The third-order valence-electron chi connectivity index (χ3n) is 2.85. The summed E-state index contributed by atoms with van der Waals surface area (Å²) in [5.74, 6) is -1.03. The van der Waals surface area contributed by atoms with Gasteiger partial charge in [0.25, 0.3) is 0 Å². The number of carbonyl (C=O) groups is 2. The molecule has 0 bridgehead atoms. The van der Waals surface area contributed by atoms with Crippen LogP contribution in [0.2, 0.25) is 0 Å². The van der Waals surface area contributed by atoms with E-state index in [1.165, 1.54) is 7.11 Å². The van der Waals surface area contributed by atoms with E-state index in [9.17, 15) is 9.59 Å². The summed E-state index contributed by atoms with van der Waals surface area (Å²) in [5.41, 5.74) is 7.02. The van der Waals surface area contributed by atoms with Crippen molar-refractivity contribution in [2.45, 2.75) is 18.6 Å². The minimum absolute atomic E-state index is 0.270. The van der Waals surface area contributed by atoms with Crippen LogP contribution in [0, 0.1) is 0 Å². The van der Waals surface area contributed by atoms with E-state index < -0.39 is 24.1 Å². The molecular formula is C12H13NO5. The SMILES string of the molecule is COC(=O)C(N)c1ccc2c(c1)CC(C(=O)O)O2. The quantitative estimate of drug-likeness (QED) is 0.747. The van der Waals surface area contributed by atoms with Crippen LogP contribution >= 0.6 is 0 Å². The van der Waals surface area contributed by atoms with E-state index in [2.05, 4.69) is 4.74 Å². The first kappa shape index (κ1) is 12.4. The maximum absolute atomic E-state index is 11.3. The number of hydrogen-bond acceptors (Lipinski definition) is 5. The number of esters is 1. The summed E-state index contributed by atoms with van der Waals surface area (Å²) in [5, 5.41) is 8.87. The summed E-state index contributed by atoms with van der Waals surface area (Å²) in [7, 11) is 1.26. The highest BCUT2D eigenvalue weighted by Crippen LogP contribution is 2.31. The van der Waals surface area contributed by atoms with Crippen LogP contribution in [-0.2, 0) is 20.7 Å². The van der Waals surface area contributed by atoms with Crippen LogP contribution in [0.4, 0.5) is 0 Å². The van der Waals surface area contributed by atoms with Crippen LogP contribution in [-0.4, -0.2) is 30.3 Å². The van der Waals surface area contributed by atoms with Crippen molar-refractivity contribution in [3.8, 4) is 5.75 Å². The van der Waals surface area contributed by atoms with Gasteiger partial charge in [0.15, 0.2) is 6.10 Å². The number of rotatable bonds is 3. The number of fused-ring (bicyclic) bond motifs is 1. The number of carbonyl (C=O) groups excluding carboxylic acids is 1. The number of nitrogens with two attached hydrogens (primary N) is 1. The Bertz CT molecular complexity index is 499. The molecule has 1 aromatic rings. The predicted octanol–water partition coefficient (Wildman–Crippen LogP) is 0.247. The first-order chi connectivity index (χ1) is 8.52. The lowest BCUT2D eigenvalue weighted by molar-refractivity contribution is -0.144. The average molecular weight is 251 g/mol. The molecule has 0 spiro atoms. The number of ether oxygens (including phenoxy) is 2. The van der Waals surface area contributed by atoms with E-state index in [1.54, 1.807) is 18.2 Å². The Morgan fingerprint density at radius 1 is 1.56 bits per heavy atom. The molecule has 2 rings (SSSR count). The van der Waals surface area contributed by atoms with Gasteiger partial charge in [0.1, 0.15) is 11.8 Å². The van der Waals surface area contributed by atoms with Crippen molar-refractivity contribution < 1.29 is 24.2 Å². The fourth-order valence-corrected chi connectivity index (χ4v) is 1.86. The standard InChI is InChI=1S/C12H13NO5/c1-17-12(16)10(13)6-2-3-8-7(4-6)5-9(18-8)11(14)15/h2-4,9-10H,5,13H2,1H3,(H,14,15). The van der Waals surface area contributed by atoms with Gasteiger partial charge in [-0.2, -0.15) is 0 Å². The second-order valence-electron chi connectivity index (χ2n) is 4.02. The molecule has 0 aromatic heterocycles. The lowest BCUT2D eigenvalue weighted by Gasteiger charge is -2.10. The topological polar surface area (TPSA) is 98.9 Å². The molecule has 6 heteroatoms. The molecule has 0 saturated carbocycles. The smallest absolute Gasteiger partial charge is 0.345 e. The van der Waals surface area contributed by atoms with Crippen molar-refractivity contribution in [2.75, 3.05) is 7.11 Å². The van der Waals surface area contributed by atoms with E-state index in [0.29, 0.717) is 11.3 Å². The van der Waals surface area contributed by atoms with E-state index in [1.807, 2.05) is 0 Å². The van der Waals surface area contributed by atoms with Crippen molar-refractivity contribution in [3.05, 3.63) is 29.3 Å². The van der Waals surface area contributed by atoms with E-state index in [0.717, 1.165) is 5.56 Å². The second-order valence-corrected chi connectivity index (χ2v) is 4.02. The van der Waals surface area contributed by atoms with Crippen LogP contribution in [0.1, 0.15) is 17.2 Å². The molecule has 6 nitrogen and oxygen atoms in total. The van der Waals surface area contributed by atoms with Crippen LogP contribution in [0.25, 0.3) is 0 Å². The summed E-state index contributed by atoms with van der Waals surface area (Å²) < 4.78 is 9.79. The van der Waals surface area contributed by atoms with Crippen molar-refractivity contribution in [1.29, 1.82) is 0 Å². The highest BCUT2D eigenvalue weighted by Gasteiger charge is 2.29. The van der Waals surface area contributed by atoms with Gasteiger partial charge in [-0.1, -0.05) is 6.07 Å². The molecule has 1 aliphatic rings. The molecule has 0 amide bonds. The number of aliphatic carboxylic acids is 1. The minimum atomic E-state index is -1.01. The molecule has 1 aromatic carbocycles. The predicted molar refractivity (Wildman–Crippen MR) is 61.1 cm³/mol. The zero-order chi connectivity index (χ0) is 13.3. The van der Waals surface area contributed by atoms with Gasteiger partial charge in [-0.15, -0.1) is 0 Å². The first-order valence-electron chi connectivity index (χ1n) is 5.38. The van der Waals surface area contributed by atoms with Crippen LogP contribution in [0.15, 0.2) is 18.2 Å². The molecule has 0 radical (unpaired) electrons. The largest absolute Gasteiger partial charge is 0.478 e. The zero-order valence-corrected chi connectivity index (χ0v) is 9.75. The first-order valence-corrected chi connectivity index (χ1v) is 5.38. The van der Waals surface area contributed by atoms with Gasteiger partial charge in [-0.3, -0.25) is 4.79 Å². The van der Waals surface area contributed by atoms with Crippen molar-refractivity contribution in [2.24, 2.45) is 5.73 Å². The van der Waals surface area contributed by atoms with Crippen molar-refractivity contribution >= 4 is 11.9 Å². The fraction of sp³-hybridized carbons (Fsp3) is 0.333. The third-order valence-corrected chi connectivity index (χ3v) is 2.85. The average Bonchev–Trinajstić information content (AvgIpc) is 2.79. The molecule has 1 heterocycles. The minimum Gasteiger partial charge on any atom is -0.478 e. The summed E-state index contributed by atoms with van der Waals surface area (Å²) in [6, 6.07) is 4.06. The number of methoxy groups -OCH3 is 1. The van der Waals surface area contributed by atoms with Gasteiger partial charge < -0.3 is 20.3 Å². The van der Waals surface area contributed by atoms with Gasteiger partial charge in [0.05, 0.1) is 7.11 Å². The Balaban J connectivity index is 2.23. The number of hydrogen-bond donors (Lipinski definition) is 2. The van der Waals surface area contributed by atoms with Crippen LogP contribution in [0.3, 0.4) is 0 Å². The molecule has 3 N–H and O–H groups in total. The molecule has 18 heavy (non-hydrogen) atoms. The molecule has 2 atom stereocenters. The van der Waals surface area contributed by atoms with E-state index in [-0.39, 0.29) is 6.42 Å². The van der Waals surface area contributed by atoms with Gasteiger partial charge in [-0.05, 0) is 23.3 Å². The van der Waals surface area contributed by atoms with Crippen LogP contribution < -0.4 is 10.5 Å². The summed E-state index contributed by atoms with van der Waals surface area (Å²) >= 11 is 0. The summed E-state index contributed by atoms with van der Waals surface area (Å²) in [6.45, 7) is 0. The normalized spacial score (nSPS) is 18.7. The molecule has 1 aliphatic heterocycles. The summed E-state index contributed by atoms with van der Waals surface area (Å²) in [4.78, 5) is 22.1. The van der Waals surface area contributed by atoms with E-state index >= 15 is 0 Å². The lowest BCUT2D eigenvalue weighted by Crippen LogP contribution is -2.24. The molecule has 0 fully saturated rings. The van der Waals surface area contributed by atoms with Gasteiger partial charge in [-0.25, -0.2) is 4.79 Å². The zero-order valence-electron chi connectivity index (χ0n) is 9.75. The molecular weight excluding hydrogens is 238 g/mol. The number of carboxylic acid groups (broad SMARTS) is 1. The molecule has 2 unspecified atom stereocenters. The number of carboxylic acids is 1. The van der Waals surface area contributed by atoms with E-state index in [4.69, 9.17) is 15.6 Å². The van der Waals surface area contributed by atoms with Gasteiger partial charge >= 0.3 is 11.9 Å². The third kappa shape index (κ3) is 2.14. The molecule has 0 aliphatic carbocycles. The van der Waals surface area contributed by atoms with Gasteiger partial charge in [0.2, 0.25) is 0 Å². The molecule has 0 saturated heterocycles. The Morgan fingerprint density at radius 3 is 2.89 bits per heavy atom. The van der Waals surface area contributed by atoms with Crippen LogP contribution in [0.5, 0.6) is 5.75 Å². The highest BCUT2D eigenvalue weighted by atomic mass is 16.5. The second kappa shape index (κ2) is 4.66. The summed E-state index contributed by atoms with van der Waals surface area (Å²) in [6.07, 6.45) is -0.601. The Hall–Kier alpha value is -2.08. The maximum Gasteiger partial charge on any atom is 0.345 e. The maximum atomic E-state index is 11.3. The molecule has 96 valence electrons. The highest BCUT2D eigenvalue weighted by molar-refractivity contribution is 5.78. The lowest BCUT2D eigenvalue weighted by atomic mass is 10.0.